The Labute approximate surface area is 123 Å². The Morgan fingerprint density at radius 3 is 3.05 bits per heavy atom. The molecule has 1 saturated heterocycles. The number of anilines is 2. The predicted octanol–water partition coefficient (Wildman–Crippen LogP) is 1.58. The van der Waals surface area contributed by atoms with Gasteiger partial charge in [-0.3, -0.25) is 0 Å². The van der Waals surface area contributed by atoms with Gasteiger partial charge < -0.3 is 20.4 Å². The summed E-state index contributed by atoms with van der Waals surface area (Å²) in [5, 5.41) is 7.10. The quantitative estimate of drug-likeness (QED) is 0.864. The molecular weight excluding hydrogens is 304 g/mol. The molecule has 104 valence electrons. The molecule has 0 aliphatic carbocycles. The topological polar surface area (TPSA) is 30.5 Å². The lowest BCUT2D eigenvalue weighted by atomic mass is 10.1. The van der Waals surface area contributed by atoms with Crippen molar-refractivity contribution in [3.8, 4) is 0 Å². The molecule has 1 unspecified atom stereocenters. The summed E-state index contributed by atoms with van der Waals surface area (Å²) in [5.74, 6) is 0. The fraction of sp³-hybridized carbons (Fsp3) is 0.571. The van der Waals surface area contributed by atoms with Crippen LogP contribution in [0, 0.1) is 0 Å². The molecule has 1 fully saturated rings. The summed E-state index contributed by atoms with van der Waals surface area (Å²) >= 11 is 3.54. The Morgan fingerprint density at radius 1 is 1.32 bits per heavy atom. The molecule has 2 aliphatic rings. The van der Waals surface area contributed by atoms with Crippen molar-refractivity contribution >= 4 is 27.3 Å². The highest BCUT2D eigenvalue weighted by Gasteiger charge is 2.22. The number of nitrogens with one attached hydrogen (secondary N) is 2. The van der Waals surface area contributed by atoms with Gasteiger partial charge in [-0.15, -0.1) is 0 Å². The summed E-state index contributed by atoms with van der Waals surface area (Å²) in [6.45, 7) is 6.57. The van der Waals surface area contributed by atoms with Crippen LogP contribution in [0.15, 0.2) is 22.7 Å². The first kappa shape index (κ1) is 13.2. The van der Waals surface area contributed by atoms with Crippen LogP contribution < -0.4 is 15.5 Å². The lowest BCUT2D eigenvalue weighted by Gasteiger charge is -2.38. The molecule has 0 bridgehead atoms. The zero-order valence-corrected chi connectivity index (χ0v) is 12.9. The maximum Gasteiger partial charge on any atom is 0.0604 e. The molecule has 5 heteroatoms. The average Bonchev–Trinajstić information content (AvgIpc) is 2.38. The van der Waals surface area contributed by atoms with Crippen molar-refractivity contribution in [3.63, 3.8) is 0 Å². The standard InChI is InChI=1S/C14H21BrN4/c1-18-6-4-16-12(9-18)10-19-7-5-17-13-8-11(15)2-3-14(13)19/h2-3,8,12,16-17H,4-7,9-10H2,1H3. The number of piperazine rings is 1. The van der Waals surface area contributed by atoms with Crippen molar-refractivity contribution in [2.24, 2.45) is 0 Å². The van der Waals surface area contributed by atoms with E-state index in [1.807, 2.05) is 0 Å². The van der Waals surface area contributed by atoms with Crippen LogP contribution in [0.5, 0.6) is 0 Å². The first-order valence-corrected chi connectivity index (χ1v) is 7.72. The maximum absolute atomic E-state index is 3.63. The molecule has 0 radical (unpaired) electrons. The molecule has 2 aliphatic heterocycles. The number of benzene rings is 1. The minimum absolute atomic E-state index is 0.563. The maximum atomic E-state index is 3.63. The van der Waals surface area contributed by atoms with E-state index in [9.17, 15) is 0 Å². The second kappa shape index (κ2) is 5.69. The van der Waals surface area contributed by atoms with E-state index in [0.29, 0.717) is 6.04 Å². The summed E-state index contributed by atoms with van der Waals surface area (Å²) in [6.07, 6.45) is 0. The Hall–Kier alpha value is -0.780. The van der Waals surface area contributed by atoms with Gasteiger partial charge in [0.05, 0.1) is 11.4 Å². The Bertz CT molecular complexity index is 451. The molecule has 0 aromatic heterocycles. The predicted molar refractivity (Wildman–Crippen MR) is 84.1 cm³/mol. The summed E-state index contributed by atoms with van der Waals surface area (Å²) < 4.78 is 1.14. The van der Waals surface area contributed by atoms with Gasteiger partial charge in [-0.2, -0.15) is 0 Å². The number of halogens is 1. The third-order valence-corrected chi connectivity index (χ3v) is 4.39. The SMILES string of the molecule is CN1CCNC(CN2CCNc3cc(Br)ccc32)C1. The Morgan fingerprint density at radius 2 is 2.21 bits per heavy atom. The van der Waals surface area contributed by atoms with E-state index in [0.717, 1.165) is 43.7 Å². The van der Waals surface area contributed by atoms with Gasteiger partial charge in [0.1, 0.15) is 0 Å². The third kappa shape index (κ3) is 3.04. The fourth-order valence-corrected chi connectivity index (χ4v) is 3.30. The minimum atomic E-state index is 0.563. The van der Waals surface area contributed by atoms with Crippen LogP contribution in [0.1, 0.15) is 0 Å². The van der Waals surface area contributed by atoms with Crippen molar-refractivity contribution in [3.05, 3.63) is 22.7 Å². The van der Waals surface area contributed by atoms with Crippen molar-refractivity contribution in [2.45, 2.75) is 6.04 Å². The molecule has 2 N–H and O–H groups in total. The number of hydrogen-bond acceptors (Lipinski definition) is 4. The lowest BCUT2D eigenvalue weighted by molar-refractivity contribution is 0.240. The molecular formula is C14H21BrN4. The van der Waals surface area contributed by atoms with Gasteiger partial charge in [0, 0.05) is 49.8 Å². The first-order valence-electron chi connectivity index (χ1n) is 6.93. The molecule has 4 nitrogen and oxygen atoms in total. The van der Waals surface area contributed by atoms with Crippen LogP contribution in [0.25, 0.3) is 0 Å². The van der Waals surface area contributed by atoms with E-state index < -0.39 is 0 Å². The van der Waals surface area contributed by atoms with Crippen molar-refractivity contribution in [1.82, 2.24) is 10.2 Å². The summed E-state index contributed by atoms with van der Waals surface area (Å²) in [7, 11) is 2.21. The van der Waals surface area contributed by atoms with E-state index in [-0.39, 0.29) is 0 Å². The van der Waals surface area contributed by atoms with E-state index in [2.05, 4.69) is 61.6 Å². The normalized spacial score (nSPS) is 23.9. The van der Waals surface area contributed by atoms with Crippen LogP contribution in [-0.4, -0.2) is 57.3 Å². The highest BCUT2D eigenvalue weighted by Crippen LogP contribution is 2.31. The molecule has 0 spiro atoms. The second-order valence-corrected chi connectivity index (χ2v) is 6.36. The van der Waals surface area contributed by atoms with Crippen molar-refractivity contribution in [2.75, 3.05) is 56.5 Å². The molecule has 0 saturated carbocycles. The van der Waals surface area contributed by atoms with Gasteiger partial charge in [0.25, 0.3) is 0 Å². The molecule has 3 rings (SSSR count). The smallest absolute Gasteiger partial charge is 0.0604 e. The monoisotopic (exact) mass is 324 g/mol. The van der Waals surface area contributed by atoms with Crippen LogP contribution in [0.3, 0.4) is 0 Å². The van der Waals surface area contributed by atoms with E-state index in [4.69, 9.17) is 0 Å². The zero-order valence-electron chi connectivity index (χ0n) is 11.3. The lowest BCUT2D eigenvalue weighted by Crippen LogP contribution is -2.54. The summed E-state index contributed by atoms with van der Waals surface area (Å²) in [5.41, 5.74) is 2.56. The number of rotatable bonds is 2. The minimum Gasteiger partial charge on any atom is -0.382 e. The summed E-state index contributed by atoms with van der Waals surface area (Å²) in [4.78, 5) is 4.90. The highest BCUT2D eigenvalue weighted by molar-refractivity contribution is 9.10. The van der Waals surface area contributed by atoms with Gasteiger partial charge in [-0.25, -0.2) is 0 Å². The number of fused-ring (bicyclic) bond motifs is 1. The van der Waals surface area contributed by atoms with Crippen LogP contribution in [0.4, 0.5) is 11.4 Å². The van der Waals surface area contributed by atoms with Gasteiger partial charge >= 0.3 is 0 Å². The molecule has 2 heterocycles. The molecule has 1 aromatic carbocycles. The number of nitrogens with zero attached hydrogens (tertiary/aromatic N) is 2. The second-order valence-electron chi connectivity index (χ2n) is 5.45. The Balaban J connectivity index is 1.72. The van der Waals surface area contributed by atoms with Crippen molar-refractivity contribution < 1.29 is 0 Å². The van der Waals surface area contributed by atoms with Crippen LogP contribution >= 0.6 is 15.9 Å². The van der Waals surface area contributed by atoms with Gasteiger partial charge in [-0.1, -0.05) is 15.9 Å². The Kier molecular flexibility index (Phi) is 3.96. The molecule has 1 atom stereocenters. The number of hydrogen-bond donors (Lipinski definition) is 2. The van der Waals surface area contributed by atoms with Crippen LogP contribution in [0.2, 0.25) is 0 Å². The van der Waals surface area contributed by atoms with Crippen LogP contribution in [-0.2, 0) is 0 Å². The molecule has 19 heavy (non-hydrogen) atoms. The zero-order chi connectivity index (χ0) is 13.2. The van der Waals surface area contributed by atoms with E-state index in [1.165, 1.54) is 11.4 Å². The molecule has 0 amide bonds. The number of likely N-dealkylation sites (N-methyl/N-ethyl adjacent to an activating group) is 1. The first-order chi connectivity index (χ1) is 9.22. The van der Waals surface area contributed by atoms with Gasteiger partial charge in [0.2, 0.25) is 0 Å². The average molecular weight is 325 g/mol. The summed E-state index contributed by atoms with van der Waals surface area (Å²) in [6, 6.07) is 7.06. The van der Waals surface area contributed by atoms with Gasteiger partial charge in [-0.05, 0) is 25.2 Å². The highest BCUT2D eigenvalue weighted by atomic mass is 79.9. The molecule has 1 aromatic rings. The van der Waals surface area contributed by atoms with E-state index >= 15 is 0 Å². The largest absolute Gasteiger partial charge is 0.382 e. The fourth-order valence-electron chi connectivity index (χ4n) is 2.94. The third-order valence-electron chi connectivity index (χ3n) is 3.90. The van der Waals surface area contributed by atoms with Crippen molar-refractivity contribution in [1.29, 1.82) is 0 Å². The van der Waals surface area contributed by atoms with Gasteiger partial charge in [0.15, 0.2) is 0 Å². The van der Waals surface area contributed by atoms with E-state index in [1.54, 1.807) is 0 Å².